The molecule has 0 N–H and O–H groups in total. The summed E-state index contributed by atoms with van der Waals surface area (Å²) in [6.07, 6.45) is 33.0. The van der Waals surface area contributed by atoms with Crippen molar-refractivity contribution in [3.63, 3.8) is 0 Å². The van der Waals surface area contributed by atoms with Crippen LogP contribution in [0.25, 0.3) is 0 Å². The summed E-state index contributed by atoms with van der Waals surface area (Å²) in [6, 6.07) is 0. The zero-order chi connectivity index (χ0) is 25.5. The molecular weight excluding hydrogens is 437 g/mol. The standard InChI is InChI=1S/C30H61NO2P/c1-6-8-9-10-11-12-13-14-15-16-17-18-19-20-21-22-23-24-25-26-27-28-29-30(7-2,34(32)33)31(3,4)5/h13-14H,6-12,15-29H2,1-5H3/q+1/b14-13-. The van der Waals surface area contributed by atoms with Crippen molar-refractivity contribution in [1.29, 1.82) is 0 Å². The predicted molar refractivity (Wildman–Crippen MR) is 150 cm³/mol. The Morgan fingerprint density at radius 1 is 0.618 bits per heavy atom. The first-order valence-corrected chi connectivity index (χ1v) is 16.1. The molecule has 202 valence electrons. The van der Waals surface area contributed by atoms with Gasteiger partial charge in [0.1, 0.15) is 0 Å². The Morgan fingerprint density at radius 3 is 1.29 bits per heavy atom. The number of unbranched alkanes of at least 4 members (excludes halogenated alkanes) is 18. The molecule has 0 amide bonds. The maximum Gasteiger partial charge on any atom is 0.376 e. The third-order valence-corrected chi connectivity index (χ3v) is 9.56. The molecule has 34 heavy (non-hydrogen) atoms. The molecule has 3 nitrogen and oxygen atoms in total. The molecule has 0 aliphatic heterocycles. The highest BCUT2D eigenvalue weighted by Gasteiger charge is 2.52. The minimum Gasteiger partial charge on any atom is -0.590 e. The van der Waals surface area contributed by atoms with Crippen LogP contribution in [0, 0.1) is 0 Å². The Bertz CT molecular complexity index is 501. The Balaban J connectivity index is 3.45. The predicted octanol–water partition coefficient (Wildman–Crippen LogP) is 9.67. The zero-order valence-corrected chi connectivity index (χ0v) is 24.8. The fourth-order valence-corrected chi connectivity index (χ4v) is 6.26. The molecule has 0 aromatic carbocycles. The molecule has 4 heteroatoms. The Morgan fingerprint density at radius 2 is 0.971 bits per heavy atom. The van der Waals surface area contributed by atoms with Gasteiger partial charge in [-0.25, -0.2) is 0 Å². The Labute approximate surface area is 215 Å². The second-order valence-corrected chi connectivity index (χ2v) is 12.8. The van der Waals surface area contributed by atoms with Gasteiger partial charge in [0, 0.05) is 12.8 Å². The van der Waals surface area contributed by atoms with E-state index in [4.69, 9.17) is 0 Å². The molecule has 2 atom stereocenters. The lowest BCUT2D eigenvalue weighted by atomic mass is 10.0. The maximum absolute atomic E-state index is 12.0. The molecule has 2 unspecified atom stereocenters. The number of quaternary nitrogens is 1. The third-order valence-electron chi connectivity index (χ3n) is 7.74. The molecule has 0 radical (unpaired) electrons. The van der Waals surface area contributed by atoms with Crippen LogP contribution in [-0.2, 0) is 4.57 Å². The summed E-state index contributed by atoms with van der Waals surface area (Å²) in [5.41, 5.74) is 0. The van der Waals surface area contributed by atoms with Crippen LogP contribution >= 0.6 is 8.03 Å². The Hall–Kier alpha value is -0.240. The lowest BCUT2D eigenvalue weighted by molar-refractivity contribution is -0.910. The number of allylic oxidation sites excluding steroid dienone is 2. The molecule has 0 aromatic rings. The van der Waals surface area contributed by atoms with E-state index in [0.29, 0.717) is 10.9 Å². The van der Waals surface area contributed by atoms with Crippen molar-refractivity contribution in [2.45, 2.75) is 160 Å². The van der Waals surface area contributed by atoms with Gasteiger partial charge in [0.15, 0.2) is 0 Å². The fourth-order valence-electron chi connectivity index (χ4n) is 5.17. The Kier molecular flexibility index (Phi) is 21.8. The van der Waals surface area contributed by atoms with Crippen LogP contribution in [-0.4, -0.2) is 30.9 Å². The summed E-state index contributed by atoms with van der Waals surface area (Å²) in [7, 11) is 3.64. The third kappa shape index (κ3) is 16.4. The SMILES string of the molecule is CCCCCCC/C=C\CCCCCCCCCCCCCCCC(CC)([P+](=O)[O-])[N+](C)(C)C. The van der Waals surface area contributed by atoms with Gasteiger partial charge in [-0.3, -0.25) is 4.48 Å². The topological polar surface area (TPSA) is 40.1 Å². The van der Waals surface area contributed by atoms with Crippen molar-refractivity contribution in [2.24, 2.45) is 0 Å². The van der Waals surface area contributed by atoms with Gasteiger partial charge in [0.05, 0.1) is 21.1 Å². The molecule has 0 aliphatic carbocycles. The summed E-state index contributed by atoms with van der Waals surface area (Å²) >= 11 is 0. The quantitative estimate of drug-likeness (QED) is 0.0544. The van der Waals surface area contributed by atoms with Crippen LogP contribution in [0.1, 0.15) is 155 Å². The van der Waals surface area contributed by atoms with E-state index in [0.717, 1.165) is 12.8 Å². The van der Waals surface area contributed by atoms with Gasteiger partial charge >= 0.3 is 8.03 Å². The highest BCUT2D eigenvalue weighted by atomic mass is 31.1. The van der Waals surface area contributed by atoms with Gasteiger partial charge in [-0.1, -0.05) is 127 Å². The van der Waals surface area contributed by atoms with Crippen molar-refractivity contribution >= 4 is 8.03 Å². The normalized spacial score (nSPS) is 14.6. The average molecular weight is 499 g/mol. The van der Waals surface area contributed by atoms with Crippen LogP contribution < -0.4 is 4.89 Å². The summed E-state index contributed by atoms with van der Waals surface area (Å²) < 4.78 is 12.5. The lowest BCUT2D eigenvalue weighted by Gasteiger charge is -2.39. The van der Waals surface area contributed by atoms with E-state index in [9.17, 15) is 9.46 Å². The van der Waals surface area contributed by atoms with Crippen molar-refractivity contribution in [3.8, 4) is 0 Å². The van der Waals surface area contributed by atoms with Crippen molar-refractivity contribution in [1.82, 2.24) is 0 Å². The van der Waals surface area contributed by atoms with E-state index in [1.165, 1.54) is 122 Å². The molecular formula is C30H61NO2P+. The number of rotatable bonds is 25. The average Bonchev–Trinajstić information content (AvgIpc) is 2.78. The minimum absolute atomic E-state index is 0.512. The number of hydrogen-bond donors (Lipinski definition) is 0. The van der Waals surface area contributed by atoms with E-state index < -0.39 is 13.3 Å². The van der Waals surface area contributed by atoms with Crippen LogP contribution in [0.3, 0.4) is 0 Å². The van der Waals surface area contributed by atoms with Crippen LogP contribution in [0.4, 0.5) is 0 Å². The second-order valence-electron chi connectivity index (χ2n) is 11.4. The minimum atomic E-state index is -2.41. The van der Waals surface area contributed by atoms with Crippen molar-refractivity contribution in [2.75, 3.05) is 21.1 Å². The first kappa shape index (κ1) is 33.8. The van der Waals surface area contributed by atoms with Gasteiger partial charge < -0.3 is 4.89 Å². The van der Waals surface area contributed by atoms with Crippen molar-refractivity contribution in [3.05, 3.63) is 12.2 Å². The van der Waals surface area contributed by atoms with E-state index >= 15 is 0 Å². The van der Waals surface area contributed by atoms with E-state index in [1.807, 2.05) is 28.1 Å². The molecule has 0 aromatic heterocycles. The lowest BCUT2D eigenvalue weighted by Crippen LogP contribution is -2.55. The fraction of sp³-hybridized carbons (Fsp3) is 0.933. The number of nitrogens with zero attached hydrogens (tertiary/aromatic N) is 1. The molecule has 0 saturated carbocycles. The van der Waals surface area contributed by atoms with Gasteiger partial charge in [-0.2, -0.15) is 0 Å². The summed E-state index contributed by atoms with van der Waals surface area (Å²) in [6.45, 7) is 4.30. The van der Waals surface area contributed by atoms with Gasteiger partial charge in [-0.15, -0.1) is 0 Å². The van der Waals surface area contributed by atoms with Gasteiger partial charge in [0.2, 0.25) is 0 Å². The molecule has 0 saturated heterocycles. The van der Waals surface area contributed by atoms with Crippen LogP contribution in [0.15, 0.2) is 12.2 Å². The summed E-state index contributed by atoms with van der Waals surface area (Å²) in [5, 5.41) is -0.598. The molecule has 0 heterocycles. The largest absolute Gasteiger partial charge is 0.590 e. The molecule has 0 bridgehead atoms. The molecule has 0 fully saturated rings. The van der Waals surface area contributed by atoms with E-state index in [1.54, 1.807) is 0 Å². The first-order valence-electron chi connectivity index (χ1n) is 14.9. The highest BCUT2D eigenvalue weighted by Crippen LogP contribution is 2.44. The molecule has 0 aliphatic rings. The van der Waals surface area contributed by atoms with Gasteiger partial charge in [0.25, 0.3) is 5.28 Å². The summed E-state index contributed by atoms with van der Waals surface area (Å²) in [5.74, 6) is 0. The molecule has 0 rings (SSSR count). The van der Waals surface area contributed by atoms with Crippen molar-refractivity contribution < 1.29 is 13.9 Å². The smallest absolute Gasteiger partial charge is 0.376 e. The van der Waals surface area contributed by atoms with E-state index in [2.05, 4.69) is 19.1 Å². The van der Waals surface area contributed by atoms with Gasteiger partial charge in [-0.05, 0) is 32.1 Å². The van der Waals surface area contributed by atoms with Crippen LogP contribution in [0.5, 0.6) is 0 Å². The zero-order valence-electron chi connectivity index (χ0n) is 23.9. The summed E-state index contributed by atoms with van der Waals surface area (Å²) in [4.78, 5) is 12.0. The first-order chi connectivity index (χ1) is 16.3. The van der Waals surface area contributed by atoms with Crippen LogP contribution in [0.2, 0.25) is 0 Å². The number of hydrogen-bond acceptors (Lipinski definition) is 2. The molecule has 0 spiro atoms. The van der Waals surface area contributed by atoms with E-state index in [-0.39, 0.29) is 0 Å². The second kappa shape index (κ2) is 22.0. The maximum atomic E-state index is 12.0. The monoisotopic (exact) mass is 498 g/mol. The highest BCUT2D eigenvalue weighted by molar-refractivity contribution is 7.38.